The van der Waals surface area contributed by atoms with E-state index in [1.54, 1.807) is 4.90 Å². The average molecular weight is 461 g/mol. The fraction of sp³-hybridized carbons (Fsp3) is 0.571. The molecule has 9 heteroatoms. The summed E-state index contributed by atoms with van der Waals surface area (Å²) in [5.74, 6) is -1.88. The zero-order chi connectivity index (χ0) is 22.5. The van der Waals surface area contributed by atoms with Crippen LogP contribution in [0.1, 0.15) is 56.3 Å². The Balaban J connectivity index is 2.96. The average Bonchev–Trinajstić information content (AvgIpc) is 2.71. The standard InChI is InChI=1S/C21H30Cl2N2O5/c1-3-5-6-11-25(12-13-30-4-2)21(29)18(9-10-19(26)27)24-20(28)15-7-8-16(22)17(23)14-15/h7-8,14,18H,3-6,9-13H2,1-2H3,(H,24,28)(H,26,27). The first-order valence-electron chi connectivity index (χ1n) is 10.1. The summed E-state index contributed by atoms with van der Waals surface area (Å²) in [6, 6.07) is 3.43. The van der Waals surface area contributed by atoms with Gasteiger partial charge >= 0.3 is 5.97 Å². The first-order valence-corrected chi connectivity index (χ1v) is 10.9. The van der Waals surface area contributed by atoms with Gasteiger partial charge in [-0.05, 0) is 38.0 Å². The van der Waals surface area contributed by atoms with E-state index in [1.165, 1.54) is 18.2 Å². The van der Waals surface area contributed by atoms with E-state index in [4.69, 9.17) is 33.0 Å². The van der Waals surface area contributed by atoms with Crippen molar-refractivity contribution in [1.29, 1.82) is 0 Å². The minimum absolute atomic E-state index is 0.0137. The Hall–Kier alpha value is -1.83. The van der Waals surface area contributed by atoms with Crippen LogP contribution in [0.15, 0.2) is 18.2 Å². The highest BCUT2D eigenvalue weighted by Crippen LogP contribution is 2.22. The maximum absolute atomic E-state index is 13.1. The van der Waals surface area contributed by atoms with E-state index in [-0.39, 0.29) is 29.3 Å². The number of ether oxygens (including phenoxy) is 1. The van der Waals surface area contributed by atoms with Crippen molar-refractivity contribution in [3.8, 4) is 0 Å². The van der Waals surface area contributed by atoms with E-state index in [1.807, 2.05) is 6.92 Å². The Labute approximate surface area is 187 Å². The normalized spacial score (nSPS) is 11.7. The number of halogens is 2. The summed E-state index contributed by atoms with van der Waals surface area (Å²) in [6.07, 6.45) is 2.53. The van der Waals surface area contributed by atoms with Gasteiger partial charge in [-0.2, -0.15) is 0 Å². The van der Waals surface area contributed by atoms with Crippen molar-refractivity contribution in [1.82, 2.24) is 10.2 Å². The van der Waals surface area contributed by atoms with Crippen molar-refractivity contribution >= 4 is 41.0 Å². The maximum Gasteiger partial charge on any atom is 0.303 e. The molecule has 0 heterocycles. The highest BCUT2D eigenvalue weighted by Gasteiger charge is 2.27. The molecule has 1 unspecified atom stereocenters. The molecule has 0 saturated carbocycles. The smallest absolute Gasteiger partial charge is 0.303 e. The molecule has 0 saturated heterocycles. The van der Waals surface area contributed by atoms with Crippen molar-refractivity contribution in [2.24, 2.45) is 0 Å². The van der Waals surface area contributed by atoms with E-state index < -0.39 is 17.9 Å². The van der Waals surface area contributed by atoms with E-state index in [0.717, 1.165) is 19.3 Å². The van der Waals surface area contributed by atoms with Gasteiger partial charge in [-0.25, -0.2) is 0 Å². The zero-order valence-corrected chi connectivity index (χ0v) is 19.0. The number of aliphatic carboxylic acids is 1. The van der Waals surface area contributed by atoms with Crippen LogP contribution in [-0.2, 0) is 14.3 Å². The molecule has 0 bridgehead atoms. The molecule has 1 rings (SSSR count). The lowest BCUT2D eigenvalue weighted by molar-refractivity contribution is -0.138. The quantitative estimate of drug-likeness (QED) is 0.408. The number of carbonyl (C=O) groups excluding carboxylic acids is 2. The van der Waals surface area contributed by atoms with Gasteiger partial charge in [0, 0.05) is 31.7 Å². The molecule has 2 N–H and O–H groups in total. The molecular weight excluding hydrogens is 431 g/mol. The molecule has 1 atom stereocenters. The molecule has 7 nitrogen and oxygen atoms in total. The predicted molar refractivity (Wildman–Crippen MR) is 117 cm³/mol. The molecule has 0 spiro atoms. The van der Waals surface area contributed by atoms with Crippen LogP contribution < -0.4 is 5.32 Å². The third-order valence-corrected chi connectivity index (χ3v) is 5.22. The lowest BCUT2D eigenvalue weighted by Crippen LogP contribution is -2.50. The highest BCUT2D eigenvalue weighted by molar-refractivity contribution is 6.42. The molecule has 0 aliphatic carbocycles. The van der Waals surface area contributed by atoms with Crippen molar-refractivity contribution < 1.29 is 24.2 Å². The predicted octanol–water partition coefficient (Wildman–Crippen LogP) is 4.01. The van der Waals surface area contributed by atoms with E-state index in [2.05, 4.69) is 12.2 Å². The summed E-state index contributed by atoms with van der Waals surface area (Å²) in [4.78, 5) is 38.5. The summed E-state index contributed by atoms with van der Waals surface area (Å²) in [6.45, 7) is 5.75. The minimum Gasteiger partial charge on any atom is -0.481 e. The van der Waals surface area contributed by atoms with Gasteiger partial charge in [0.25, 0.3) is 5.91 Å². The second kappa shape index (κ2) is 14.2. The molecular formula is C21H30Cl2N2O5. The van der Waals surface area contributed by atoms with Gasteiger partial charge in [0.05, 0.1) is 16.7 Å². The molecule has 0 aliphatic rings. The molecule has 1 aromatic rings. The van der Waals surface area contributed by atoms with Gasteiger partial charge in [-0.15, -0.1) is 0 Å². The van der Waals surface area contributed by atoms with Crippen LogP contribution in [0.5, 0.6) is 0 Å². The number of nitrogens with zero attached hydrogens (tertiary/aromatic N) is 1. The van der Waals surface area contributed by atoms with Crippen molar-refractivity contribution in [3.05, 3.63) is 33.8 Å². The Bertz CT molecular complexity index is 705. The highest BCUT2D eigenvalue weighted by atomic mass is 35.5. The molecule has 0 fully saturated rings. The number of carboxylic acid groups (broad SMARTS) is 1. The summed E-state index contributed by atoms with van der Waals surface area (Å²) < 4.78 is 5.37. The number of amides is 2. The largest absolute Gasteiger partial charge is 0.481 e. The van der Waals surface area contributed by atoms with Crippen molar-refractivity contribution in [3.63, 3.8) is 0 Å². The van der Waals surface area contributed by atoms with E-state index in [0.29, 0.717) is 31.3 Å². The molecule has 0 aliphatic heterocycles. The Morgan fingerprint density at radius 3 is 2.47 bits per heavy atom. The minimum atomic E-state index is -1.04. The number of rotatable bonds is 14. The van der Waals surface area contributed by atoms with Crippen LogP contribution in [-0.4, -0.2) is 60.1 Å². The lowest BCUT2D eigenvalue weighted by Gasteiger charge is -2.28. The van der Waals surface area contributed by atoms with Gasteiger partial charge in [0.2, 0.25) is 5.91 Å². The first-order chi connectivity index (χ1) is 14.3. The van der Waals surface area contributed by atoms with Gasteiger partial charge in [0.15, 0.2) is 0 Å². The number of hydrogen-bond acceptors (Lipinski definition) is 4. The number of hydrogen-bond donors (Lipinski definition) is 2. The third kappa shape index (κ3) is 9.32. The number of unbranched alkanes of at least 4 members (excludes halogenated alkanes) is 2. The van der Waals surface area contributed by atoms with E-state index >= 15 is 0 Å². The van der Waals surface area contributed by atoms with Crippen molar-refractivity contribution in [2.45, 2.75) is 52.0 Å². The fourth-order valence-corrected chi connectivity index (χ4v) is 3.13. The van der Waals surface area contributed by atoms with Crippen LogP contribution in [0.25, 0.3) is 0 Å². The summed E-state index contributed by atoms with van der Waals surface area (Å²) in [5, 5.41) is 12.2. The Morgan fingerprint density at radius 2 is 1.87 bits per heavy atom. The summed E-state index contributed by atoms with van der Waals surface area (Å²) in [7, 11) is 0. The van der Waals surface area contributed by atoms with Gasteiger partial charge in [0.1, 0.15) is 6.04 Å². The van der Waals surface area contributed by atoms with Crippen LogP contribution in [0.4, 0.5) is 0 Å². The lowest BCUT2D eigenvalue weighted by atomic mass is 10.1. The summed E-state index contributed by atoms with van der Waals surface area (Å²) >= 11 is 11.9. The monoisotopic (exact) mass is 460 g/mol. The first kappa shape index (κ1) is 26.2. The van der Waals surface area contributed by atoms with Crippen LogP contribution in [0.2, 0.25) is 10.0 Å². The van der Waals surface area contributed by atoms with Crippen LogP contribution >= 0.6 is 23.2 Å². The maximum atomic E-state index is 13.1. The number of nitrogens with one attached hydrogen (secondary N) is 1. The second-order valence-electron chi connectivity index (χ2n) is 6.82. The zero-order valence-electron chi connectivity index (χ0n) is 17.5. The summed E-state index contributed by atoms with van der Waals surface area (Å²) in [5.41, 5.74) is 0.240. The Morgan fingerprint density at radius 1 is 1.13 bits per heavy atom. The van der Waals surface area contributed by atoms with Crippen LogP contribution in [0, 0.1) is 0 Å². The molecule has 0 aromatic heterocycles. The molecule has 2 amide bonds. The van der Waals surface area contributed by atoms with Gasteiger partial charge < -0.3 is 20.1 Å². The molecule has 168 valence electrons. The number of carbonyl (C=O) groups is 3. The number of benzene rings is 1. The topological polar surface area (TPSA) is 95.9 Å². The third-order valence-electron chi connectivity index (χ3n) is 4.49. The van der Waals surface area contributed by atoms with Crippen molar-refractivity contribution in [2.75, 3.05) is 26.3 Å². The number of carboxylic acids is 1. The van der Waals surface area contributed by atoms with Gasteiger partial charge in [-0.1, -0.05) is 43.0 Å². The Kier molecular flexibility index (Phi) is 12.4. The SMILES string of the molecule is CCCCCN(CCOCC)C(=O)C(CCC(=O)O)NC(=O)c1ccc(Cl)c(Cl)c1. The molecule has 1 aromatic carbocycles. The van der Waals surface area contributed by atoms with Gasteiger partial charge in [-0.3, -0.25) is 14.4 Å². The molecule has 30 heavy (non-hydrogen) atoms. The van der Waals surface area contributed by atoms with Crippen LogP contribution in [0.3, 0.4) is 0 Å². The fourth-order valence-electron chi connectivity index (χ4n) is 2.83. The molecule has 0 radical (unpaired) electrons. The van der Waals surface area contributed by atoms with E-state index in [9.17, 15) is 14.4 Å². The second-order valence-corrected chi connectivity index (χ2v) is 7.63.